The van der Waals surface area contributed by atoms with Gasteiger partial charge in [-0.1, -0.05) is 41.9 Å². The second-order valence-corrected chi connectivity index (χ2v) is 6.36. The fourth-order valence-corrected chi connectivity index (χ4v) is 2.76. The van der Waals surface area contributed by atoms with Crippen molar-refractivity contribution in [2.45, 2.75) is 12.6 Å². The molecule has 138 valence electrons. The maximum Gasteiger partial charge on any atom is 0.252 e. The first-order valence-electron chi connectivity index (χ1n) is 8.36. The maximum atomic E-state index is 12.6. The normalized spacial score (nSPS) is 11.8. The molecule has 6 nitrogen and oxygen atoms in total. The van der Waals surface area contributed by atoms with Gasteiger partial charge >= 0.3 is 0 Å². The van der Waals surface area contributed by atoms with Crippen molar-refractivity contribution < 1.29 is 14.7 Å². The van der Waals surface area contributed by atoms with E-state index in [4.69, 9.17) is 11.6 Å². The van der Waals surface area contributed by atoms with Crippen LogP contribution in [0.4, 0.5) is 0 Å². The summed E-state index contributed by atoms with van der Waals surface area (Å²) in [7, 11) is 0. The number of amides is 2. The molecule has 1 heterocycles. The van der Waals surface area contributed by atoms with Gasteiger partial charge in [-0.05, 0) is 29.8 Å². The summed E-state index contributed by atoms with van der Waals surface area (Å²) in [5, 5.41) is 16.1. The Kier molecular flexibility index (Phi) is 6.01. The smallest absolute Gasteiger partial charge is 0.252 e. The van der Waals surface area contributed by atoms with Gasteiger partial charge in [0.2, 0.25) is 5.91 Å². The molecule has 0 saturated heterocycles. The van der Waals surface area contributed by atoms with E-state index in [-0.39, 0.29) is 6.54 Å². The standard InChI is InChI=1S/C20H18ClN3O3/c21-14-7-5-13(6-8-14)11-23-20(27)18(12-25)24-19(26)16-9-10-22-17-4-2-1-3-15(16)17/h1-10,18,25H,11-12H2,(H,23,27)(H,24,26)/t18-/m0/s1. The van der Waals surface area contributed by atoms with E-state index in [1.165, 1.54) is 6.20 Å². The number of carbonyl (C=O) groups is 2. The van der Waals surface area contributed by atoms with Crippen LogP contribution in [-0.4, -0.2) is 34.6 Å². The van der Waals surface area contributed by atoms with E-state index in [0.29, 0.717) is 21.5 Å². The number of aliphatic hydroxyl groups is 1. The van der Waals surface area contributed by atoms with Crippen LogP contribution in [0.25, 0.3) is 10.9 Å². The summed E-state index contributed by atoms with van der Waals surface area (Å²) in [5.74, 6) is -0.923. The number of fused-ring (bicyclic) bond motifs is 1. The predicted molar refractivity (Wildman–Crippen MR) is 103 cm³/mol. The molecule has 3 aromatic rings. The molecule has 7 heteroatoms. The van der Waals surface area contributed by atoms with E-state index < -0.39 is 24.5 Å². The molecule has 0 spiro atoms. The summed E-state index contributed by atoms with van der Waals surface area (Å²) in [4.78, 5) is 29.1. The molecule has 2 amide bonds. The summed E-state index contributed by atoms with van der Waals surface area (Å²) in [5.41, 5.74) is 1.93. The van der Waals surface area contributed by atoms with Crippen LogP contribution in [0.1, 0.15) is 15.9 Å². The number of nitrogens with one attached hydrogen (secondary N) is 2. The number of benzene rings is 2. The molecule has 1 atom stereocenters. The monoisotopic (exact) mass is 383 g/mol. The molecule has 0 fully saturated rings. The van der Waals surface area contributed by atoms with Crippen molar-refractivity contribution in [2.24, 2.45) is 0 Å². The molecule has 0 bridgehead atoms. The molecule has 2 aromatic carbocycles. The number of para-hydroxylation sites is 1. The largest absolute Gasteiger partial charge is 0.394 e. The number of aromatic nitrogens is 1. The summed E-state index contributed by atoms with van der Waals surface area (Å²) < 4.78 is 0. The van der Waals surface area contributed by atoms with Gasteiger partial charge in [0.05, 0.1) is 17.7 Å². The molecule has 0 radical (unpaired) electrons. The molecular formula is C20H18ClN3O3. The van der Waals surface area contributed by atoms with Crippen molar-refractivity contribution in [2.75, 3.05) is 6.61 Å². The Balaban J connectivity index is 1.67. The zero-order chi connectivity index (χ0) is 19.2. The summed E-state index contributed by atoms with van der Waals surface area (Å²) in [6.45, 7) is -0.248. The quantitative estimate of drug-likeness (QED) is 0.609. The Bertz CT molecular complexity index is 955. The third-order valence-electron chi connectivity index (χ3n) is 4.08. The van der Waals surface area contributed by atoms with E-state index in [1.54, 1.807) is 42.5 Å². The highest BCUT2D eigenvalue weighted by atomic mass is 35.5. The summed E-state index contributed by atoms with van der Waals surface area (Å²) in [6.07, 6.45) is 1.53. The van der Waals surface area contributed by atoms with Crippen LogP contribution in [-0.2, 0) is 11.3 Å². The fourth-order valence-electron chi connectivity index (χ4n) is 2.64. The predicted octanol–water partition coefficient (Wildman–Crippen LogP) is 2.30. The molecule has 3 N–H and O–H groups in total. The molecule has 1 aromatic heterocycles. The first-order valence-corrected chi connectivity index (χ1v) is 8.74. The Morgan fingerprint density at radius 1 is 1.07 bits per heavy atom. The SMILES string of the molecule is O=C(N[C@@H](CO)C(=O)NCc1ccc(Cl)cc1)c1ccnc2ccccc12. The number of pyridine rings is 1. The van der Waals surface area contributed by atoms with Gasteiger partial charge in [-0.3, -0.25) is 14.6 Å². The molecule has 0 aliphatic rings. The lowest BCUT2D eigenvalue weighted by molar-refractivity contribution is -0.124. The van der Waals surface area contributed by atoms with Gasteiger partial charge < -0.3 is 15.7 Å². The van der Waals surface area contributed by atoms with E-state index in [0.717, 1.165) is 5.56 Å². The lowest BCUT2D eigenvalue weighted by Gasteiger charge is -2.17. The third-order valence-corrected chi connectivity index (χ3v) is 4.33. The molecule has 0 aliphatic carbocycles. The maximum absolute atomic E-state index is 12.6. The van der Waals surface area contributed by atoms with E-state index in [2.05, 4.69) is 15.6 Å². The van der Waals surface area contributed by atoms with Crippen LogP contribution in [0.2, 0.25) is 5.02 Å². The first kappa shape index (κ1) is 18.8. The second-order valence-electron chi connectivity index (χ2n) is 5.93. The Hall–Kier alpha value is -2.96. The highest BCUT2D eigenvalue weighted by molar-refractivity contribution is 6.30. The highest BCUT2D eigenvalue weighted by Crippen LogP contribution is 2.16. The average Bonchev–Trinajstić information content (AvgIpc) is 2.70. The number of hydrogen-bond donors (Lipinski definition) is 3. The molecule has 0 saturated carbocycles. The number of rotatable bonds is 6. The van der Waals surface area contributed by atoms with E-state index in [9.17, 15) is 14.7 Å². The van der Waals surface area contributed by atoms with E-state index in [1.807, 2.05) is 12.1 Å². The van der Waals surface area contributed by atoms with Crippen LogP contribution in [0.3, 0.4) is 0 Å². The van der Waals surface area contributed by atoms with Crippen molar-refractivity contribution >= 4 is 34.3 Å². The van der Waals surface area contributed by atoms with Gasteiger partial charge in [0.1, 0.15) is 6.04 Å². The van der Waals surface area contributed by atoms with Crippen molar-refractivity contribution in [1.29, 1.82) is 0 Å². The lowest BCUT2D eigenvalue weighted by atomic mass is 10.1. The fraction of sp³-hybridized carbons (Fsp3) is 0.150. The molecule has 27 heavy (non-hydrogen) atoms. The van der Waals surface area contributed by atoms with Crippen molar-refractivity contribution in [3.8, 4) is 0 Å². The van der Waals surface area contributed by atoms with Crippen LogP contribution in [0.5, 0.6) is 0 Å². The van der Waals surface area contributed by atoms with Gasteiger partial charge in [-0.25, -0.2) is 0 Å². The summed E-state index contributed by atoms with van der Waals surface area (Å²) >= 11 is 5.83. The Labute approximate surface area is 161 Å². The van der Waals surface area contributed by atoms with E-state index >= 15 is 0 Å². The topological polar surface area (TPSA) is 91.3 Å². The minimum Gasteiger partial charge on any atom is -0.394 e. The number of halogens is 1. The van der Waals surface area contributed by atoms with Crippen LogP contribution in [0, 0.1) is 0 Å². The lowest BCUT2D eigenvalue weighted by Crippen LogP contribution is -2.48. The van der Waals surface area contributed by atoms with Gasteiger partial charge in [-0.2, -0.15) is 0 Å². The number of nitrogens with zero attached hydrogens (tertiary/aromatic N) is 1. The zero-order valence-corrected chi connectivity index (χ0v) is 15.1. The third kappa shape index (κ3) is 4.61. The van der Waals surface area contributed by atoms with Gasteiger partial charge in [0.25, 0.3) is 5.91 Å². The summed E-state index contributed by atoms with van der Waals surface area (Å²) in [6, 6.07) is 14.8. The Morgan fingerprint density at radius 2 is 1.81 bits per heavy atom. The molecule has 0 aliphatic heterocycles. The minimum atomic E-state index is -1.06. The van der Waals surface area contributed by atoms with Crippen LogP contribution >= 0.6 is 11.6 Å². The van der Waals surface area contributed by atoms with Gasteiger partial charge in [0.15, 0.2) is 0 Å². The minimum absolute atomic E-state index is 0.264. The number of aliphatic hydroxyl groups excluding tert-OH is 1. The highest BCUT2D eigenvalue weighted by Gasteiger charge is 2.21. The molecule has 3 rings (SSSR count). The van der Waals surface area contributed by atoms with Crippen molar-refractivity contribution in [1.82, 2.24) is 15.6 Å². The zero-order valence-electron chi connectivity index (χ0n) is 14.4. The van der Waals surface area contributed by atoms with Gasteiger partial charge in [-0.15, -0.1) is 0 Å². The first-order chi connectivity index (χ1) is 13.1. The second kappa shape index (κ2) is 8.62. The number of carbonyl (C=O) groups excluding carboxylic acids is 2. The average molecular weight is 384 g/mol. The van der Waals surface area contributed by atoms with Gasteiger partial charge in [0, 0.05) is 23.2 Å². The van der Waals surface area contributed by atoms with Crippen molar-refractivity contribution in [3.05, 3.63) is 76.9 Å². The van der Waals surface area contributed by atoms with Crippen LogP contribution < -0.4 is 10.6 Å². The Morgan fingerprint density at radius 3 is 2.56 bits per heavy atom. The van der Waals surface area contributed by atoms with Crippen molar-refractivity contribution in [3.63, 3.8) is 0 Å². The number of hydrogen-bond acceptors (Lipinski definition) is 4. The molecule has 0 unspecified atom stereocenters. The van der Waals surface area contributed by atoms with Crippen LogP contribution in [0.15, 0.2) is 60.8 Å². The molecular weight excluding hydrogens is 366 g/mol.